The summed E-state index contributed by atoms with van der Waals surface area (Å²) in [5, 5.41) is 9.69. The van der Waals surface area contributed by atoms with Gasteiger partial charge in [0.2, 0.25) is 0 Å². The highest BCUT2D eigenvalue weighted by Gasteiger charge is 2.68. The molecule has 2 heteroatoms. The van der Waals surface area contributed by atoms with Crippen molar-refractivity contribution >= 4 is 5.97 Å². The van der Waals surface area contributed by atoms with Gasteiger partial charge in [0.1, 0.15) is 0 Å². The third-order valence-corrected chi connectivity index (χ3v) is 8.43. The number of rotatable bonds is 2. The van der Waals surface area contributed by atoms with Crippen molar-refractivity contribution in [3.63, 3.8) is 0 Å². The monoisotopic (exact) mass is 302 g/mol. The van der Waals surface area contributed by atoms with Gasteiger partial charge in [-0.2, -0.15) is 0 Å². The van der Waals surface area contributed by atoms with Gasteiger partial charge in [-0.25, -0.2) is 4.79 Å². The first-order valence-corrected chi connectivity index (χ1v) is 9.47. The van der Waals surface area contributed by atoms with Crippen molar-refractivity contribution in [3.05, 3.63) is 11.1 Å². The number of carboxylic acids is 1. The summed E-state index contributed by atoms with van der Waals surface area (Å²) < 4.78 is 0. The van der Waals surface area contributed by atoms with Gasteiger partial charge in [0.15, 0.2) is 0 Å². The lowest BCUT2D eigenvalue weighted by Gasteiger charge is -2.58. The highest BCUT2D eigenvalue weighted by Crippen LogP contribution is 2.75. The topological polar surface area (TPSA) is 37.3 Å². The molecule has 0 aromatic rings. The molecule has 0 aromatic heterocycles. The molecule has 0 heterocycles. The first kappa shape index (κ1) is 14.8. The molecule has 0 radical (unpaired) electrons. The summed E-state index contributed by atoms with van der Waals surface area (Å²) in [7, 11) is 0. The summed E-state index contributed by atoms with van der Waals surface area (Å²) in [6.07, 6.45) is 12.6. The van der Waals surface area contributed by atoms with E-state index >= 15 is 0 Å². The molecule has 2 bridgehead atoms. The summed E-state index contributed by atoms with van der Waals surface area (Å²) in [4.78, 5) is 11.8. The second-order valence-electron chi connectivity index (χ2n) is 8.73. The van der Waals surface area contributed by atoms with Crippen molar-refractivity contribution in [2.24, 2.45) is 28.6 Å². The maximum absolute atomic E-state index is 11.8. The zero-order chi connectivity index (χ0) is 15.5. The molecule has 4 aliphatic rings. The number of allylic oxidation sites excluding steroid dienone is 1. The number of hydrogen-bond donors (Lipinski definition) is 1. The largest absolute Gasteiger partial charge is 0.478 e. The fourth-order valence-corrected chi connectivity index (χ4v) is 7.43. The normalized spacial score (nSPS) is 45.2. The molecule has 4 atom stereocenters. The first-order valence-electron chi connectivity index (χ1n) is 9.47. The number of carbonyl (C=O) groups is 1. The van der Waals surface area contributed by atoms with Gasteiger partial charge in [-0.3, -0.25) is 0 Å². The van der Waals surface area contributed by atoms with Gasteiger partial charge in [-0.05, 0) is 68.1 Å². The van der Waals surface area contributed by atoms with Gasteiger partial charge < -0.3 is 5.11 Å². The van der Waals surface area contributed by atoms with E-state index in [1.54, 1.807) is 0 Å². The second kappa shape index (κ2) is 4.85. The molecular formula is C20H30O2. The van der Waals surface area contributed by atoms with Crippen LogP contribution >= 0.6 is 0 Å². The Labute approximate surface area is 134 Å². The van der Waals surface area contributed by atoms with Gasteiger partial charge in [-0.1, -0.05) is 38.7 Å². The highest BCUT2D eigenvalue weighted by molar-refractivity contribution is 5.89. The highest BCUT2D eigenvalue weighted by atomic mass is 16.4. The Balaban J connectivity index is 1.85. The van der Waals surface area contributed by atoms with Crippen LogP contribution in [0, 0.1) is 28.6 Å². The molecule has 1 spiro atoms. The number of aliphatic carboxylic acids is 1. The van der Waals surface area contributed by atoms with E-state index in [0.717, 1.165) is 36.7 Å². The Morgan fingerprint density at radius 1 is 1.09 bits per heavy atom. The zero-order valence-electron chi connectivity index (χ0n) is 14.2. The number of hydrogen-bond acceptors (Lipinski definition) is 1. The Hall–Kier alpha value is -0.790. The van der Waals surface area contributed by atoms with E-state index in [0.29, 0.717) is 11.3 Å². The average Bonchev–Trinajstić information content (AvgIpc) is 2.96. The Morgan fingerprint density at radius 2 is 1.82 bits per heavy atom. The minimum absolute atomic E-state index is 0.228. The van der Waals surface area contributed by atoms with Crippen molar-refractivity contribution in [1.82, 2.24) is 0 Å². The Bertz CT molecular complexity index is 528. The number of fused-ring (bicyclic) bond motifs is 1. The van der Waals surface area contributed by atoms with Crippen LogP contribution in [-0.2, 0) is 4.79 Å². The van der Waals surface area contributed by atoms with E-state index in [-0.39, 0.29) is 5.41 Å². The summed E-state index contributed by atoms with van der Waals surface area (Å²) in [6.45, 7) is 4.99. The quantitative estimate of drug-likeness (QED) is 0.762. The minimum Gasteiger partial charge on any atom is -0.478 e. The fourth-order valence-electron chi connectivity index (χ4n) is 7.43. The fraction of sp³-hybridized carbons (Fsp3) is 0.850. The minimum atomic E-state index is -0.627. The second-order valence-corrected chi connectivity index (χ2v) is 8.73. The van der Waals surface area contributed by atoms with E-state index in [4.69, 9.17) is 0 Å². The van der Waals surface area contributed by atoms with Gasteiger partial charge in [0.25, 0.3) is 0 Å². The van der Waals surface area contributed by atoms with E-state index in [1.165, 1.54) is 50.5 Å². The number of carboxylic acid groups (broad SMARTS) is 1. The van der Waals surface area contributed by atoms with E-state index in [9.17, 15) is 9.90 Å². The van der Waals surface area contributed by atoms with Crippen molar-refractivity contribution in [2.75, 3.05) is 0 Å². The summed E-state index contributed by atoms with van der Waals surface area (Å²) in [6, 6.07) is 0. The molecule has 0 aliphatic heterocycles. The average molecular weight is 302 g/mol. The lowest BCUT2D eigenvalue weighted by molar-refractivity contribution is -0.132. The molecule has 0 aromatic carbocycles. The molecule has 22 heavy (non-hydrogen) atoms. The smallest absolute Gasteiger partial charge is 0.331 e. The van der Waals surface area contributed by atoms with Crippen LogP contribution in [0.3, 0.4) is 0 Å². The van der Waals surface area contributed by atoms with Crippen LogP contribution in [0.25, 0.3) is 0 Å². The van der Waals surface area contributed by atoms with Crippen molar-refractivity contribution in [3.8, 4) is 0 Å². The third-order valence-electron chi connectivity index (χ3n) is 8.43. The van der Waals surface area contributed by atoms with Crippen LogP contribution in [0.4, 0.5) is 0 Å². The van der Waals surface area contributed by atoms with Crippen LogP contribution in [0.5, 0.6) is 0 Å². The van der Waals surface area contributed by atoms with Crippen LogP contribution < -0.4 is 0 Å². The van der Waals surface area contributed by atoms with Gasteiger partial charge in [0.05, 0.1) is 0 Å². The molecule has 0 unspecified atom stereocenters. The molecule has 1 N–H and O–H groups in total. The first-order chi connectivity index (χ1) is 10.5. The van der Waals surface area contributed by atoms with E-state index in [1.807, 2.05) is 0 Å². The molecule has 2 nitrogen and oxygen atoms in total. The molecule has 0 amide bonds. The zero-order valence-corrected chi connectivity index (χ0v) is 14.2. The molecular weight excluding hydrogens is 272 g/mol. The molecule has 3 fully saturated rings. The Kier molecular flexibility index (Phi) is 3.26. The van der Waals surface area contributed by atoms with Gasteiger partial charge in [0, 0.05) is 11.0 Å². The molecule has 3 saturated carbocycles. The maximum Gasteiger partial charge on any atom is 0.331 e. The summed E-state index contributed by atoms with van der Waals surface area (Å²) in [5.41, 5.74) is 2.80. The molecule has 122 valence electrons. The molecule has 4 rings (SSSR count). The predicted molar refractivity (Wildman–Crippen MR) is 87.5 cm³/mol. The summed E-state index contributed by atoms with van der Waals surface area (Å²) in [5.74, 6) is 1.62. The molecule has 4 aliphatic carbocycles. The standard InChI is InChI=1S/C20H30O2/c1-13-8-9-15-12-17-16(18(21)22)10-11-20(13,17)19(15,2)14-6-4-3-5-7-14/h13-15H,3-12H2,1-2H3,(H,21,22)/t13-,15-,19-,20+/m1/s1. The Morgan fingerprint density at radius 3 is 2.50 bits per heavy atom. The lowest BCUT2D eigenvalue weighted by atomic mass is 9.46. The lowest BCUT2D eigenvalue weighted by Crippen LogP contribution is -2.51. The summed E-state index contributed by atoms with van der Waals surface area (Å²) >= 11 is 0. The van der Waals surface area contributed by atoms with Gasteiger partial charge >= 0.3 is 5.97 Å². The van der Waals surface area contributed by atoms with Crippen LogP contribution in [-0.4, -0.2) is 11.1 Å². The van der Waals surface area contributed by atoms with Crippen molar-refractivity contribution in [2.45, 2.75) is 78.1 Å². The van der Waals surface area contributed by atoms with Crippen LogP contribution in [0.1, 0.15) is 78.1 Å². The van der Waals surface area contributed by atoms with Gasteiger partial charge in [-0.15, -0.1) is 0 Å². The maximum atomic E-state index is 11.8. The van der Waals surface area contributed by atoms with Crippen molar-refractivity contribution in [1.29, 1.82) is 0 Å². The SMILES string of the molecule is C[C@@H]1CC[C@@H]2CC3=C(C(=O)O)CC[C@@]31[C@]2(C)C1CCCCC1. The van der Waals surface area contributed by atoms with Crippen molar-refractivity contribution < 1.29 is 9.90 Å². The van der Waals surface area contributed by atoms with E-state index in [2.05, 4.69) is 13.8 Å². The van der Waals surface area contributed by atoms with Crippen LogP contribution in [0.15, 0.2) is 11.1 Å². The van der Waals surface area contributed by atoms with E-state index < -0.39 is 5.97 Å². The third kappa shape index (κ3) is 1.59. The predicted octanol–water partition coefficient (Wildman–Crippen LogP) is 5.18. The van der Waals surface area contributed by atoms with Crippen LogP contribution in [0.2, 0.25) is 0 Å². The molecule has 0 saturated heterocycles.